The maximum Gasteiger partial charge on any atom is 0.234 e. The number of rotatable bonds is 6. The van der Waals surface area contributed by atoms with Gasteiger partial charge in [0.25, 0.3) is 0 Å². The Morgan fingerprint density at radius 2 is 2.21 bits per heavy atom. The SMILES string of the molecule is CCSCC(C)NC(=O)C1(C(N)=NO)CCOCC1. The fourth-order valence-electron chi connectivity index (χ4n) is 2.11. The molecule has 0 aliphatic carbocycles. The van der Waals surface area contributed by atoms with E-state index in [-0.39, 0.29) is 17.8 Å². The quantitative estimate of drug-likeness (QED) is 0.291. The van der Waals surface area contributed by atoms with Crippen molar-refractivity contribution >= 4 is 23.5 Å². The van der Waals surface area contributed by atoms with Crippen LogP contribution in [0, 0.1) is 5.41 Å². The van der Waals surface area contributed by atoms with E-state index in [4.69, 9.17) is 15.7 Å². The Labute approximate surface area is 118 Å². The highest BCUT2D eigenvalue weighted by molar-refractivity contribution is 7.99. The van der Waals surface area contributed by atoms with Crippen molar-refractivity contribution in [3.8, 4) is 0 Å². The van der Waals surface area contributed by atoms with Gasteiger partial charge < -0.3 is 21.0 Å². The van der Waals surface area contributed by atoms with Crippen LogP contribution in [0.2, 0.25) is 0 Å². The molecule has 19 heavy (non-hydrogen) atoms. The summed E-state index contributed by atoms with van der Waals surface area (Å²) in [6.45, 7) is 4.93. The lowest BCUT2D eigenvalue weighted by atomic mass is 9.78. The summed E-state index contributed by atoms with van der Waals surface area (Å²) >= 11 is 1.77. The smallest absolute Gasteiger partial charge is 0.234 e. The lowest BCUT2D eigenvalue weighted by Crippen LogP contribution is -2.54. The lowest BCUT2D eigenvalue weighted by Gasteiger charge is -2.35. The number of nitrogens with one attached hydrogen (secondary N) is 1. The van der Waals surface area contributed by atoms with Crippen LogP contribution >= 0.6 is 11.8 Å². The van der Waals surface area contributed by atoms with Crippen molar-refractivity contribution in [1.82, 2.24) is 5.32 Å². The number of nitrogens with zero attached hydrogens (tertiary/aromatic N) is 1. The molecule has 6 nitrogen and oxygen atoms in total. The Morgan fingerprint density at radius 3 is 2.74 bits per heavy atom. The number of thioether (sulfide) groups is 1. The van der Waals surface area contributed by atoms with Gasteiger partial charge in [-0.15, -0.1) is 0 Å². The standard InChI is InChI=1S/C12H23N3O3S/c1-3-19-8-9(2)14-11(16)12(10(13)15-17)4-6-18-7-5-12/h9,17H,3-8H2,1-2H3,(H2,13,15)(H,14,16). The molecule has 0 radical (unpaired) electrons. The second kappa shape index (κ2) is 7.59. The molecular formula is C12H23N3O3S. The zero-order chi connectivity index (χ0) is 14.3. The maximum absolute atomic E-state index is 12.4. The third kappa shape index (κ3) is 4.01. The summed E-state index contributed by atoms with van der Waals surface area (Å²) in [6.07, 6.45) is 0.894. The minimum absolute atomic E-state index is 0.0244. The molecule has 1 atom stereocenters. The number of hydrogen-bond donors (Lipinski definition) is 3. The number of hydrogen-bond acceptors (Lipinski definition) is 5. The Morgan fingerprint density at radius 1 is 1.58 bits per heavy atom. The Balaban J connectivity index is 2.72. The van der Waals surface area contributed by atoms with Gasteiger partial charge in [0.1, 0.15) is 5.41 Å². The first-order chi connectivity index (χ1) is 9.06. The van der Waals surface area contributed by atoms with Crippen molar-refractivity contribution < 1.29 is 14.7 Å². The second-order valence-corrected chi connectivity index (χ2v) is 6.03. The Kier molecular flexibility index (Phi) is 6.44. The van der Waals surface area contributed by atoms with Crippen molar-refractivity contribution in [2.45, 2.75) is 32.7 Å². The van der Waals surface area contributed by atoms with Gasteiger partial charge in [-0.25, -0.2) is 0 Å². The third-order valence-electron chi connectivity index (χ3n) is 3.33. The van der Waals surface area contributed by atoms with Crippen molar-refractivity contribution in [3.05, 3.63) is 0 Å². The molecule has 7 heteroatoms. The van der Waals surface area contributed by atoms with Crippen LogP contribution in [0.25, 0.3) is 0 Å². The highest BCUT2D eigenvalue weighted by atomic mass is 32.2. The highest BCUT2D eigenvalue weighted by Crippen LogP contribution is 2.31. The number of amidine groups is 1. The van der Waals surface area contributed by atoms with Gasteiger partial charge >= 0.3 is 0 Å². The first kappa shape index (κ1) is 16.1. The average molecular weight is 289 g/mol. The summed E-state index contributed by atoms with van der Waals surface area (Å²) in [6, 6.07) is 0.0589. The molecule has 0 aromatic heterocycles. The molecular weight excluding hydrogens is 266 g/mol. The van der Waals surface area contributed by atoms with Gasteiger partial charge in [-0.3, -0.25) is 4.79 Å². The molecule has 1 rings (SSSR count). The molecule has 1 unspecified atom stereocenters. The third-order valence-corrected chi connectivity index (χ3v) is 4.47. The molecule has 110 valence electrons. The maximum atomic E-state index is 12.4. The van der Waals surface area contributed by atoms with E-state index in [0.717, 1.165) is 11.5 Å². The van der Waals surface area contributed by atoms with Crippen molar-refractivity contribution in [1.29, 1.82) is 0 Å². The molecule has 0 aromatic carbocycles. The highest BCUT2D eigenvalue weighted by Gasteiger charge is 2.44. The largest absolute Gasteiger partial charge is 0.409 e. The number of amides is 1. The van der Waals surface area contributed by atoms with E-state index in [9.17, 15) is 4.79 Å². The van der Waals surface area contributed by atoms with Crippen LogP contribution in [0.3, 0.4) is 0 Å². The van der Waals surface area contributed by atoms with Crippen LogP contribution in [-0.2, 0) is 9.53 Å². The molecule has 1 saturated heterocycles. The fourth-order valence-corrected chi connectivity index (χ4v) is 2.79. The first-order valence-electron chi connectivity index (χ1n) is 6.51. The van der Waals surface area contributed by atoms with Crippen LogP contribution < -0.4 is 11.1 Å². The van der Waals surface area contributed by atoms with Crippen LogP contribution in [0.15, 0.2) is 5.16 Å². The van der Waals surface area contributed by atoms with E-state index in [0.29, 0.717) is 26.1 Å². The summed E-state index contributed by atoms with van der Waals surface area (Å²) in [5, 5.41) is 14.9. The summed E-state index contributed by atoms with van der Waals surface area (Å²) in [5.74, 6) is 1.67. The van der Waals surface area contributed by atoms with Crippen molar-refractivity contribution in [2.75, 3.05) is 24.7 Å². The van der Waals surface area contributed by atoms with Gasteiger partial charge in [0, 0.05) is 25.0 Å². The summed E-state index contributed by atoms with van der Waals surface area (Å²) in [7, 11) is 0. The topological polar surface area (TPSA) is 96.9 Å². The minimum Gasteiger partial charge on any atom is -0.409 e. The van der Waals surface area contributed by atoms with E-state index in [1.807, 2.05) is 6.92 Å². The van der Waals surface area contributed by atoms with Crippen molar-refractivity contribution in [3.63, 3.8) is 0 Å². The Bertz CT molecular complexity index is 330. The lowest BCUT2D eigenvalue weighted by molar-refractivity contribution is -0.132. The summed E-state index contributed by atoms with van der Waals surface area (Å²) < 4.78 is 5.26. The van der Waals surface area contributed by atoms with Gasteiger partial charge in [-0.05, 0) is 25.5 Å². The van der Waals surface area contributed by atoms with Crippen LogP contribution in [0.5, 0.6) is 0 Å². The number of oxime groups is 1. The number of carbonyl (C=O) groups excluding carboxylic acids is 1. The fraction of sp³-hybridized carbons (Fsp3) is 0.833. The zero-order valence-corrected chi connectivity index (χ0v) is 12.3. The molecule has 1 heterocycles. The van der Waals surface area contributed by atoms with E-state index in [2.05, 4.69) is 17.4 Å². The molecule has 1 amide bonds. The molecule has 0 aromatic rings. The predicted octanol–water partition coefficient (Wildman–Crippen LogP) is 0.787. The van der Waals surface area contributed by atoms with E-state index >= 15 is 0 Å². The normalized spacial score (nSPS) is 20.8. The number of carbonyl (C=O) groups is 1. The van der Waals surface area contributed by atoms with Crippen molar-refractivity contribution in [2.24, 2.45) is 16.3 Å². The summed E-state index contributed by atoms with van der Waals surface area (Å²) in [5.41, 5.74) is 4.81. The van der Waals surface area contributed by atoms with E-state index < -0.39 is 5.41 Å². The molecule has 4 N–H and O–H groups in total. The first-order valence-corrected chi connectivity index (χ1v) is 7.66. The van der Waals surface area contributed by atoms with Gasteiger partial charge in [-0.1, -0.05) is 12.1 Å². The monoisotopic (exact) mass is 289 g/mol. The molecule has 1 fully saturated rings. The van der Waals surface area contributed by atoms with E-state index in [1.54, 1.807) is 11.8 Å². The van der Waals surface area contributed by atoms with Gasteiger partial charge in [0.05, 0.1) is 0 Å². The summed E-state index contributed by atoms with van der Waals surface area (Å²) in [4.78, 5) is 12.4. The second-order valence-electron chi connectivity index (χ2n) is 4.71. The predicted molar refractivity (Wildman–Crippen MR) is 76.5 cm³/mol. The molecule has 0 spiro atoms. The van der Waals surface area contributed by atoms with Gasteiger partial charge in [-0.2, -0.15) is 11.8 Å². The number of nitrogens with two attached hydrogens (primary N) is 1. The van der Waals surface area contributed by atoms with Crippen LogP contribution in [0.1, 0.15) is 26.7 Å². The van der Waals surface area contributed by atoms with Gasteiger partial charge in [0.15, 0.2) is 5.84 Å². The van der Waals surface area contributed by atoms with Gasteiger partial charge in [0.2, 0.25) is 5.91 Å². The van der Waals surface area contributed by atoms with Crippen LogP contribution in [0.4, 0.5) is 0 Å². The molecule has 0 bridgehead atoms. The number of ether oxygens (including phenoxy) is 1. The average Bonchev–Trinajstić information content (AvgIpc) is 2.44. The molecule has 1 aliphatic heterocycles. The molecule has 0 saturated carbocycles. The van der Waals surface area contributed by atoms with E-state index in [1.165, 1.54) is 0 Å². The van der Waals surface area contributed by atoms with Crippen LogP contribution in [-0.4, -0.2) is 47.7 Å². The zero-order valence-electron chi connectivity index (χ0n) is 11.5. The molecule has 1 aliphatic rings. The Hall–Kier alpha value is -0.950. The minimum atomic E-state index is -0.932.